The van der Waals surface area contributed by atoms with Crippen molar-refractivity contribution in [2.45, 2.75) is 43.7 Å². The van der Waals surface area contributed by atoms with Gasteiger partial charge in [-0.2, -0.15) is 0 Å². The Hall–Kier alpha value is -2.08. The van der Waals surface area contributed by atoms with Gasteiger partial charge in [0.2, 0.25) is 11.8 Å². The van der Waals surface area contributed by atoms with E-state index < -0.39 is 17.4 Å². The summed E-state index contributed by atoms with van der Waals surface area (Å²) in [5, 5.41) is 7.80. The second kappa shape index (κ2) is 8.12. The minimum absolute atomic E-state index is 0.0548. The Morgan fingerprint density at radius 3 is 2.35 bits per heavy atom. The maximum Gasteiger partial charge on any atom is 0.239 e. The maximum absolute atomic E-state index is 13.8. The lowest BCUT2D eigenvalue weighted by Gasteiger charge is -2.36. The zero-order chi connectivity index (χ0) is 22.5. The molecule has 0 aliphatic carbocycles. The van der Waals surface area contributed by atoms with Crippen LogP contribution >= 0.6 is 23.2 Å². The van der Waals surface area contributed by atoms with Crippen LogP contribution in [0.1, 0.15) is 37.3 Å². The second-order valence-electron chi connectivity index (χ2n) is 9.10. The standard InChI is InChI=1S/C24H27Cl2N3O2/c1-13(2)11-19-24(17-10-9-16(26)12-18(17)27-23(24)31)20(14-5-7-15(25)8-6-14)21(28-19)22(30)29(3)4/h5-10,12-13,19-21,28H,11H2,1-4H3,(H,27,31)/t19-,20+,21-,24+/m0/s1. The average Bonchev–Trinajstić information content (AvgIpc) is 3.17. The largest absolute Gasteiger partial charge is 0.347 e. The van der Waals surface area contributed by atoms with Crippen LogP contribution in [-0.2, 0) is 15.0 Å². The van der Waals surface area contributed by atoms with Crippen LogP contribution in [0.5, 0.6) is 0 Å². The van der Waals surface area contributed by atoms with E-state index in [2.05, 4.69) is 24.5 Å². The summed E-state index contributed by atoms with van der Waals surface area (Å²) in [5.41, 5.74) is 1.56. The third-order valence-electron chi connectivity index (χ3n) is 6.45. The Kier molecular flexibility index (Phi) is 5.80. The number of nitrogens with zero attached hydrogens (tertiary/aromatic N) is 1. The third kappa shape index (κ3) is 3.53. The lowest BCUT2D eigenvalue weighted by atomic mass is 9.63. The minimum Gasteiger partial charge on any atom is -0.347 e. The van der Waals surface area contributed by atoms with Crippen molar-refractivity contribution in [1.29, 1.82) is 0 Å². The van der Waals surface area contributed by atoms with E-state index in [9.17, 15) is 9.59 Å². The molecule has 1 fully saturated rings. The fraction of sp³-hybridized carbons (Fsp3) is 0.417. The number of carbonyl (C=O) groups is 2. The van der Waals surface area contributed by atoms with E-state index in [4.69, 9.17) is 23.2 Å². The monoisotopic (exact) mass is 459 g/mol. The molecule has 0 saturated carbocycles. The number of hydrogen-bond donors (Lipinski definition) is 2. The van der Waals surface area contributed by atoms with Crippen LogP contribution in [0.4, 0.5) is 5.69 Å². The molecule has 164 valence electrons. The minimum atomic E-state index is -0.936. The maximum atomic E-state index is 13.8. The van der Waals surface area contributed by atoms with E-state index in [0.29, 0.717) is 21.7 Å². The molecule has 31 heavy (non-hydrogen) atoms. The smallest absolute Gasteiger partial charge is 0.239 e. The van der Waals surface area contributed by atoms with Crippen LogP contribution in [0.2, 0.25) is 10.0 Å². The molecule has 1 saturated heterocycles. The Labute approximate surface area is 193 Å². The Bertz CT molecular complexity index is 1020. The molecule has 4 rings (SSSR count). The van der Waals surface area contributed by atoms with Crippen LogP contribution < -0.4 is 10.6 Å². The summed E-state index contributed by atoms with van der Waals surface area (Å²) in [6, 6.07) is 12.2. The summed E-state index contributed by atoms with van der Waals surface area (Å²) >= 11 is 12.4. The summed E-state index contributed by atoms with van der Waals surface area (Å²) in [6.07, 6.45) is 0.747. The first kappa shape index (κ1) is 22.1. The van der Waals surface area contributed by atoms with E-state index >= 15 is 0 Å². The topological polar surface area (TPSA) is 61.4 Å². The summed E-state index contributed by atoms with van der Waals surface area (Å²) in [6.45, 7) is 4.26. The molecule has 4 atom stereocenters. The van der Waals surface area contributed by atoms with Gasteiger partial charge >= 0.3 is 0 Å². The number of anilines is 1. The number of likely N-dealkylation sites (N-methyl/N-ethyl adjacent to an activating group) is 1. The second-order valence-corrected chi connectivity index (χ2v) is 9.97. The molecule has 2 N–H and O–H groups in total. The van der Waals surface area contributed by atoms with Gasteiger partial charge in [0.1, 0.15) is 5.41 Å². The van der Waals surface area contributed by atoms with Crippen molar-refractivity contribution in [2.24, 2.45) is 5.92 Å². The molecule has 0 radical (unpaired) electrons. The van der Waals surface area contributed by atoms with Crippen molar-refractivity contribution in [3.63, 3.8) is 0 Å². The van der Waals surface area contributed by atoms with Gasteiger partial charge in [0.25, 0.3) is 0 Å². The van der Waals surface area contributed by atoms with Gasteiger partial charge < -0.3 is 15.5 Å². The molecular weight excluding hydrogens is 433 g/mol. The number of fused-ring (bicyclic) bond motifs is 2. The molecule has 2 aromatic carbocycles. The molecule has 0 unspecified atom stereocenters. The highest BCUT2D eigenvalue weighted by molar-refractivity contribution is 6.31. The Balaban J connectivity index is 1.98. The molecule has 2 amide bonds. The van der Waals surface area contributed by atoms with Crippen LogP contribution in [-0.4, -0.2) is 42.9 Å². The summed E-state index contributed by atoms with van der Waals surface area (Å²) in [4.78, 5) is 28.7. The van der Waals surface area contributed by atoms with Gasteiger partial charge in [0, 0.05) is 41.8 Å². The first-order valence-electron chi connectivity index (χ1n) is 10.5. The highest BCUT2D eigenvalue weighted by Gasteiger charge is 2.65. The predicted octanol–water partition coefficient (Wildman–Crippen LogP) is 4.44. The van der Waals surface area contributed by atoms with Gasteiger partial charge in [-0.05, 0) is 47.7 Å². The number of hydrogen-bond acceptors (Lipinski definition) is 3. The summed E-state index contributed by atoms with van der Waals surface area (Å²) in [5.74, 6) is -0.221. The number of amides is 2. The van der Waals surface area contributed by atoms with Crippen LogP contribution in [0, 0.1) is 5.92 Å². The molecule has 2 heterocycles. The average molecular weight is 460 g/mol. The van der Waals surface area contributed by atoms with Crippen molar-refractivity contribution in [3.8, 4) is 0 Å². The fourth-order valence-electron chi connectivity index (χ4n) is 5.25. The van der Waals surface area contributed by atoms with Gasteiger partial charge in [-0.15, -0.1) is 0 Å². The lowest BCUT2D eigenvalue weighted by molar-refractivity contribution is -0.131. The molecule has 2 aliphatic heterocycles. The van der Waals surface area contributed by atoms with E-state index in [1.807, 2.05) is 36.4 Å². The zero-order valence-corrected chi connectivity index (χ0v) is 19.6. The van der Waals surface area contributed by atoms with Gasteiger partial charge in [0.05, 0.1) is 6.04 Å². The van der Waals surface area contributed by atoms with Gasteiger partial charge in [-0.1, -0.05) is 55.2 Å². The van der Waals surface area contributed by atoms with E-state index in [1.165, 1.54) is 0 Å². The molecule has 0 bridgehead atoms. The SMILES string of the molecule is CC(C)C[C@@H]1N[C@H](C(=O)N(C)C)[C@@H](c2ccc(Cl)cc2)[C@]12C(=O)Nc1cc(Cl)ccc12. The van der Waals surface area contributed by atoms with Gasteiger partial charge in [-0.25, -0.2) is 0 Å². The first-order valence-corrected chi connectivity index (χ1v) is 11.3. The summed E-state index contributed by atoms with van der Waals surface area (Å²) in [7, 11) is 3.49. The van der Waals surface area contributed by atoms with Gasteiger partial charge in [0.15, 0.2) is 0 Å². The number of nitrogens with one attached hydrogen (secondary N) is 2. The fourth-order valence-corrected chi connectivity index (χ4v) is 5.55. The van der Waals surface area contributed by atoms with E-state index in [-0.39, 0.29) is 17.9 Å². The molecule has 5 nitrogen and oxygen atoms in total. The van der Waals surface area contributed by atoms with Crippen molar-refractivity contribution < 1.29 is 9.59 Å². The summed E-state index contributed by atoms with van der Waals surface area (Å²) < 4.78 is 0. The van der Waals surface area contributed by atoms with Gasteiger partial charge in [-0.3, -0.25) is 9.59 Å². The molecule has 1 spiro atoms. The third-order valence-corrected chi connectivity index (χ3v) is 6.94. The lowest BCUT2D eigenvalue weighted by Crippen LogP contribution is -2.48. The van der Waals surface area contributed by atoms with Crippen molar-refractivity contribution in [3.05, 3.63) is 63.6 Å². The van der Waals surface area contributed by atoms with Crippen molar-refractivity contribution in [1.82, 2.24) is 10.2 Å². The molecular formula is C24H27Cl2N3O2. The van der Waals surface area contributed by atoms with Crippen molar-refractivity contribution >= 4 is 40.7 Å². The molecule has 7 heteroatoms. The number of halogens is 2. The normalized spacial score (nSPS) is 26.9. The first-order chi connectivity index (χ1) is 14.7. The number of rotatable bonds is 4. The molecule has 0 aromatic heterocycles. The highest BCUT2D eigenvalue weighted by Crippen LogP contribution is 2.56. The number of carbonyl (C=O) groups excluding carboxylic acids is 2. The van der Waals surface area contributed by atoms with Crippen molar-refractivity contribution in [2.75, 3.05) is 19.4 Å². The van der Waals surface area contributed by atoms with E-state index in [0.717, 1.165) is 17.5 Å². The highest BCUT2D eigenvalue weighted by atomic mass is 35.5. The molecule has 2 aromatic rings. The Morgan fingerprint density at radius 1 is 1.10 bits per heavy atom. The van der Waals surface area contributed by atoms with Crippen LogP contribution in [0.15, 0.2) is 42.5 Å². The van der Waals surface area contributed by atoms with Crippen LogP contribution in [0.25, 0.3) is 0 Å². The van der Waals surface area contributed by atoms with Crippen LogP contribution in [0.3, 0.4) is 0 Å². The molecule has 2 aliphatic rings. The Morgan fingerprint density at radius 2 is 1.74 bits per heavy atom. The van der Waals surface area contributed by atoms with E-state index in [1.54, 1.807) is 25.1 Å². The zero-order valence-electron chi connectivity index (χ0n) is 18.1. The number of benzene rings is 2. The quantitative estimate of drug-likeness (QED) is 0.709. The predicted molar refractivity (Wildman–Crippen MR) is 125 cm³/mol.